The molecule has 2 aromatic carbocycles. The van der Waals surface area contributed by atoms with Crippen LogP contribution in [0.1, 0.15) is 22.3 Å². The van der Waals surface area contributed by atoms with Gasteiger partial charge in [-0.2, -0.15) is 5.26 Å². The number of non-ortho nitro benzene ring substituents is 1. The molecule has 1 aliphatic heterocycles. The molecule has 0 aliphatic carbocycles. The number of rotatable bonds is 7. The van der Waals surface area contributed by atoms with Crippen molar-refractivity contribution in [1.82, 2.24) is 9.80 Å². The highest BCUT2D eigenvalue weighted by molar-refractivity contribution is 5.39. The first-order valence-electron chi connectivity index (χ1n) is 9.73. The van der Waals surface area contributed by atoms with Crippen LogP contribution >= 0.6 is 0 Å². The second kappa shape index (κ2) is 9.45. The summed E-state index contributed by atoms with van der Waals surface area (Å²) in [7, 11) is 0. The molecular formula is C22H26N4O2. The SMILES string of the molecule is Cc1cc(CCN2CCN(CCc3ccc([N+](=O)[O-])cc3)CC2)ccc1C#N. The van der Waals surface area contributed by atoms with E-state index in [0.717, 1.165) is 68.8 Å². The molecule has 1 saturated heterocycles. The first-order chi connectivity index (χ1) is 13.5. The summed E-state index contributed by atoms with van der Waals surface area (Å²) >= 11 is 0. The number of benzene rings is 2. The van der Waals surface area contributed by atoms with E-state index in [-0.39, 0.29) is 10.6 Å². The van der Waals surface area contributed by atoms with Crippen LogP contribution in [0.15, 0.2) is 42.5 Å². The first-order valence-corrected chi connectivity index (χ1v) is 9.73. The zero-order valence-corrected chi connectivity index (χ0v) is 16.3. The van der Waals surface area contributed by atoms with Crippen molar-refractivity contribution in [2.75, 3.05) is 39.3 Å². The van der Waals surface area contributed by atoms with Crippen molar-refractivity contribution in [2.24, 2.45) is 0 Å². The third-order valence-electron chi connectivity index (χ3n) is 5.46. The average molecular weight is 378 g/mol. The molecule has 1 aliphatic rings. The molecule has 0 aromatic heterocycles. The molecule has 2 aromatic rings. The predicted molar refractivity (Wildman–Crippen MR) is 109 cm³/mol. The van der Waals surface area contributed by atoms with E-state index in [1.165, 1.54) is 5.56 Å². The van der Waals surface area contributed by atoms with E-state index in [1.54, 1.807) is 12.1 Å². The number of nitro benzene ring substituents is 1. The quantitative estimate of drug-likeness (QED) is 0.546. The summed E-state index contributed by atoms with van der Waals surface area (Å²) in [6.07, 6.45) is 1.93. The molecule has 0 unspecified atom stereocenters. The second-order valence-electron chi connectivity index (χ2n) is 7.37. The Labute approximate surface area is 166 Å². The van der Waals surface area contributed by atoms with Crippen LogP contribution in [0.4, 0.5) is 5.69 Å². The van der Waals surface area contributed by atoms with Crippen LogP contribution in [0, 0.1) is 28.4 Å². The molecule has 0 bridgehead atoms. The predicted octanol–water partition coefficient (Wildman–Crippen LogP) is 3.18. The fourth-order valence-corrected chi connectivity index (χ4v) is 3.60. The lowest BCUT2D eigenvalue weighted by molar-refractivity contribution is -0.384. The summed E-state index contributed by atoms with van der Waals surface area (Å²) in [4.78, 5) is 15.3. The molecule has 0 saturated carbocycles. The molecule has 0 spiro atoms. The van der Waals surface area contributed by atoms with Gasteiger partial charge in [-0.15, -0.1) is 0 Å². The normalized spacial score (nSPS) is 15.3. The highest BCUT2D eigenvalue weighted by Crippen LogP contribution is 2.14. The average Bonchev–Trinajstić information content (AvgIpc) is 2.72. The Kier molecular flexibility index (Phi) is 6.75. The Hall–Kier alpha value is -2.75. The minimum Gasteiger partial charge on any atom is -0.300 e. The van der Waals surface area contributed by atoms with Crippen molar-refractivity contribution in [3.05, 3.63) is 74.8 Å². The smallest absolute Gasteiger partial charge is 0.269 e. The van der Waals surface area contributed by atoms with Crippen LogP contribution in [0.5, 0.6) is 0 Å². The van der Waals surface area contributed by atoms with Gasteiger partial charge in [0.15, 0.2) is 0 Å². The summed E-state index contributed by atoms with van der Waals surface area (Å²) in [6.45, 7) is 8.26. The van der Waals surface area contributed by atoms with E-state index in [2.05, 4.69) is 28.0 Å². The molecule has 0 radical (unpaired) electrons. The highest BCUT2D eigenvalue weighted by Gasteiger charge is 2.16. The maximum Gasteiger partial charge on any atom is 0.269 e. The molecule has 146 valence electrons. The molecule has 3 rings (SSSR count). The summed E-state index contributed by atoms with van der Waals surface area (Å²) in [6, 6.07) is 15.2. The fourth-order valence-electron chi connectivity index (χ4n) is 3.60. The van der Waals surface area contributed by atoms with E-state index in [0.29, 0.717) is 0 Å². The van der Waals surface area contributed by atoms with Gasteiger partial charge in [0.2, 0.25) is 0 Å². The number of hydrogen-bond acceptors (Lipinski definition) is 5. The van der Waals surface area contributed by atoms with E-state index >= 15 is 0 Å². The van der Waals surface area contributed by atoms with E-state index in [4.69, 9.17) is 5.26 Å². The highest BCUT2D eigenvalue weighted by atomic mass is 16.6. The fraction of sp³-hybridized carbons (Fsp3) is 0.409. The van der Waals surface area contributed by atoms with Crippen LogP contribution in [0.2, 0.25) is 0 Å². The number of nitro groups is 1. The number of nitrogens with zero attached hydrogens (tertiary/aromatic N) is 4. The van der Waals surface area contributed by atoms with Crippen molar-refractivity contribution in [3.8, 4) is 6.07 Å². The van der Waals surface area contributed by atoms with Gasteiger partial charge in [0.05, 0.1) is 16.6 Å². The minimum atomic E-state index is -0.359. The number of nitriles is 1. The van der Waals surface area contributed by atoms with Gasteiger partial charge < -0.3 is 9.80 Å². The Bertz CT molecular complexity index is 850. The first kappa shape index (κ1) is 20.0. The van der Waals surface area contributed by atoms with Crippen molar-refractivity contribution in [3.63, 3.8) is 0 Å². The van der Waals surface area contributed by atoms with Gasteiger partial charge in [-0.1, -0.05) is 24.3 Å². The van der Waals surface area contributed by atoms with Gasteiger partial charge in [0.1, 0.15) is 0 Å². The number of aryl methyl sites for hydroxylation is 1. The molecule has 28 heavy (non-hydrogen) atoms. The van der Waals surface area contributed by atoms with E-state index in [9.17, 15) is 10.1 Å². The Morgan fingerprint density at radius 2 is 1.50 bits per heavy atom. The summed E-state index contributed by atoms with van der Waals surface area (Å²) < 4.78 is 0. The zero-order chi connectivity index (χ0) is 19.9. The summed E-state index contributed by atoms with van der Waals surface area (Å²) in [5.41, 5.74) is 4.39. The zero-order valence-electron chi connectivity index (χ0n) is 16.3. The maximum absolute atomic E-state index is 10.7. The lowest BCUT2D eigenvalue weighted by atomic mass is 10.0. The molecule has 0 atom stereocenters. The Balaban J connectivity index is 1.39. The van der Waals surface area contributed by atoms with Crippen LogP contribution in [0.3, 0.4) is 0 Å². The third-order valence-corrected chi connectivity index (χ3v) is 5.46. The van der Waals surface area contributed by atoms with Crippen LogP contribution in [-0.2, 0) is 12.8 Å². The van der Waals surface area contributed by atoms with Crippen molar-refractivity contribution in [2.45, 2.75) is 19.8 Å². The molecule has 6 heteroatoms. The standard InChI is InChI=1S/C22H26N4O2/c1-18-16-20(2-5-21(18)17-23)9-11-25-14-12-24(13-15-25)10-8-19-3-6-22(7-4-19)26(27)28/h2-7,16H,8-15H2,1H3. The molecule has 1 heterocycles. The van der Waals surface area contributed by atoms with Crippen LogP contribution < -0.4 is 0 Å². The molecule has 6 nitrogen and oxygen atoms in total. The summed E-state index contributed by atoms with van der Waals surface area (Å²) in [5, 5.41) is 19.7. The van der Waals surface area contributed by atoms with Crippen molar-refractivity contribution < 1.29 is 4.92 Å². The topological polar surface area (TPSA) is 73.4 Å². The lowest BCUT2D eigenvalue weighted by Gasteiger charge is -2.34. The minimum absolute atomic E-state index is 0.148. The van der Waals surface area contributed by atoms with Gasteiger partial charge in [-0.25, -0.2) is 0 Å². The summed E-state index contributed by atoms with van der Waals surface area (Å²) in [5.74, 6) is 0. The monoisotopic (exact) mass is 378 g/mol. The molecule has 0 amide bonds. The Morgan fingerprint density at radius 1 is 0.964 bits per heavy atom. The number of hydrogen-bond donors (Lipinski definition) is 0. The van der Waals surface area contributed by atoms with Gasteiger partial charge in [0.25, 0.3) is 5.69 Å². The van der Waals surface area contributed by atoms with Crippen molar-refractivity contribution >= 4 is 5.69 Å². The van der Waals surface area contributed by atoms with Crippen LogP contribution in [0.25, 0.3) is 0 Å². The van der Waals surface area contributed by atoms with Crippen LogP contribution in [-0.4, -0.2) is 54.0 Å². The van der Waals surface area contributed by atoms with Gasteiger partial charge in [0, 0.05) is 51.4 Å². The maximum atomic E-state index is 10.7. The largest absolute Gasteiger partial charge is 0.300 e. The lowest BCUT2D eigenvalue weighted by Crippen LogP contribution is -2.47. The van der Waals surface area contributed by atoms with Gasteiger partial charge in [-0.05, 0) is 42.5 Å². The number of piperazine rings is 1. The second-order valence-corrected chi connectivity index (χ2v) is 7.37. The molecule has 0 N–H and O–H groups in total. The van der Waals surface area contributed by atoms with Gasteiger partial charge >= 0.3 is 0 Å². The Morgan fingerprint density at radius 3 is 2.00 bits per heavy atom. The third kappa shape index (κ3) is 5.38. The van der Waals surface area contributed by atoms with Gasteiger partial charge in [-0.3, -0.25) is 10.1 Å². The molecular weight excluding hydrogens is 352 g/mol. The van der Waals surface area contributed by atoms with E-state index < -0.39 is 0 Å². The van der Waals surface area contributed by atoms with Crippen molar-refractivity contribution in [1.29, 1.82) is 5.26 Å². The molecule has 1 fully saturated rings. The van der Waals surface area contributed by atoms with E-state index in [1.807, 2.05) is 25.1 Å².